The second kappa shape index (κ2) is 4.37. The minimum Gasteiger partial charge on any atom is -0.298 e. The minimum absolute atomic E-state index is 0.708. The van der Waals surface area contributed by atoms with Crippen LogP contribution in [0.25, 0.3) is 11.1 Å². The Hall–Kier alpha value is -1.46. The predicted octanol–water partition coefficient (Wildman–Crippen LogP) is 2.67. The first-order valence-corrected chi connectivity index (χ1v) is 5.29. The maximum absolute atomic E-state index is 10.6. The molecule has 2 rings (SSSR count). The van der Waals surface area contributed by atoms with Crippen LogP contribution in [0.3, 0.4) is 0 Å². The fourth-order valence-corrected chi connectivity index (χ4v) is 1.99. The van der Waals surface area contributed by atoms with Crippen molar-refractivity contribution in [1.29, 1.82) is 0 Å². The molecule has 0 spiro atoms. The van der Waals surface area contributed by atoms with Crippen LogP contribution in [0.2, 0.25) is 0 Å². The Balaban J connectivity index is 2.51. The summed E-state index contributed by atoms with van der Waals surface area (Å²) in [5.41, 5.74) is 3.02. The van der Waals surface area contributed by atoms with Gasteiger partial charge >= 0.3 is 0 Å². The molecule has 0 saturated heterocycles. The van der Waals surface area contributed by atoms with Gasteiger partial charge in [-0.25, -0.2) is 0 Å². The summed E-state index contributed by atoms with van der Waals surface area (Å²) >= 11 is 0. The molecule has 0 fully saturated rings. The van der Waals surface area contributed by atoms with E-state index in [9.17, 15) is 4.79 Å². The molecule has 0 aliphatic carbocycles. The van der Waals surface area contributed by atoms with Gasteiger partial charge in [-0.1, -0.05) is 42.5 Å². The Labute approximate surface area is 91.3 Å². The standard InChI is InChI=1S/C13H11OP/c14-9-10-6-7-12(13(15)8-10)11-4-2-1-3-5-11/h1-9H,15H2. The number of carbonyl (C=O) groups excluding carboxylic acids is 1. The van der Waals surface area contributed by atoms with E-state index in [1.54, 1.807) is 0 Å². The van der Waals surface area contributed by atoms with E-state index in [1.165, 1.54) is 5.56 Å². The SMILES string of the molecule is O=Cc1ccc(-c2ccccc2)c(P)c1. The topological polar surface area (TPSA) is 17.1 Å². The lowest BCUT2D eigenvalue weighted by Gasteiger charge is -2.05. The summed E-state index contributed by atoms with van der Waals surface area (Å²) in [5, 5.41) is 1.05. The van der Waals surface area contributed by atoms with E-state index in [1.807, 2.05) is 36.4 Å². The van der Waals surface area contributed by atoms with Gasteiger partial charge in [-0.3, -0.25) is 4.79 Å². The summed E-state index contributed by atoms with van der Waals surface area (Å²) < 4.78 is 0. The molecule has 0 aromatic heterocycles. The molecule has 1 unspecified atom stereocenters. The van der Waals surface area contributed by atoms with E-state index < -0.39 is 0 Å². The van der Waals surface area contributed by atoms with Gasteiger partial charge in [0.25, 0.3) is 0 Å². The average molecular weight is 214 g/mol. The second-order valence-corrected chi connectivity index (χ2v) is 3.95. The van der Waals surface area contributed by atoms with Crippen molar-refractivity contribution >= 4 is 20.8 Å². The second-order valence-electron chi connectivity index (χ2n) is 3.33. The zero-order valence-corrected chi connectivity index (χ0v) is 9.34. The third-order valence-electron chi connectivity index (χ3n) is 2.30. The minimum atomic E-state index is 0.708. The molecular formula is C13H11OP. The van der Waals surface area contributed by atoms with Crippen LogP contribution in [0, 0.1) is 0 Å². The third kappa shape index (κ3) is 2.14. The zero-order valence-electron chi connectivity index (χ0n) is 8.18. The van der Waals surface area contributed by atoms with Crippen molar-refractivity contribution in [3.8, 4) is 11.1 Å². The maximum atomic E-state index is 10.6. The van der Waals surface area contributed by atoms with Gasteiger partial charge in [-0.15, -0.1) is 9.24 Å². The normalized spacial score (nSPS) is 9.93. The van der Waals surface area contributed by atoms with E-state index in [0.29, 0.717) is 5.56 Å². The average Bonchev–Trinajstić information content (AvgIpc) is 2.30. The lowest BCUT2D eigenvalue weighted by Crippen LogP contribution is -1.98. The van der Waals surface area contributed by atoms with Crippen LogP contribution in [-0.4, -0.2) is 6.29 Å². The number of benzene rings is 2. The first kappa shape index (κ1) is 10.1. The number of aldehydes is 1. The predicted molar refractivity (Wildman–Crippen MR) is 66.6 cm³/mol. The van der Waals surface area contributed by atoms with E-state index in [0.717, 1.165) is 17.2 Å². The van der Waals surface area contributed by atoms with E-state index in [-0.39, 0.29) is 0 Å². The summed E-state index contributed by atoms with van der Waals surface area (Å²) in [5.74, 6) is 0. The highest BCUT2D eigenvalue weighted by Gasteiger charge is 2.01. The van der Waals surface area contributed by atoms with Gasteiger partial charge in [0, 0.05) is 5.56 Å². The van der Waals surface area contributed by atoms with Crippen molar-refractivity contribution in [3.05, 3.63) is 54.1 Å². The van der Waals surface area contributed by atoms with Crippen LogP contribution in [0.15, 0.2) is 48.5 Å². The Kier molecular flexibility index (Phi) is 2.94. The number of carbonyl (C=O) groups is 1. The van der Waals surface area contributed by atoms with Gasteiger partial charge in [0.05, 0.1) is 0 Å². The van der Waals surface area contributed by atoms with Crippen molar-refractivity contribution in [1.82, 2.24) is 0 Å². The lowest BCUT2D eigenvalue weighted by atomic mass is 10.0. The third-order valence-corrected chi connectivity index (χ3v) is 2.77. The molecule has 2 aromatic carbocycles. The maximum Gasteiger partial charge on any atom is 0.150 e. The van der Waals surface area contributed by atoms with Crippen molar-refractivity contribution in [3.63, 3.8) is 0 Å². The molecule has 0 bridgehead atoms. The highest BCUT2D eigenvalue weighted by Crippen LogP contribution is 2.18. The summed E-state index contributed by atoms with van der Waals surface area (Å²) in [7, 11) is 2.66. The fraction of sp³-hybridized carbons (Fsp3) is 0. The van der Waals surface area contributed by atoms with Crippen LogP contribution >= 0.6 is 9.24 Å². The molecule has 0 heterocycles. The number of hydrogen-bond acceptors (Lipinski definition) is 1. The van der Waals surface area contributed by atoms with Crippen molar-refractivity contribution in [2.24, 2.45) is 0 Å². The van der Waals surface area contributed by atoms with E-state index in [2.05, 4.69) is 21.4 Å². The molecule has 15 heavy (non-hydrogen) atoms. The van der Waals surface area contributed by atoms with Gasteiger partial charge in [-0.2, -0.15) is 0 Å². The smallest absolute Gasteiger partial charge is 0.150 e. The monoisotopic (exact) mass is 214 g/mol. The van der Waals surface area contributed by atoms with Crippen LogP contribution < -0.4 is 5.30 Å². The molecule has 0 saturated carbocycles. The zero-order chi connectivity index (χ0) is 10.7. The molecule has 1 atom stereocenters. The van der Waals surface area contributed by atoms with Crippen molar-refractivity contribution in [2.45, 2.75) is 0 Å². The molecule has 0 N–H and O–H groups in total. The van der Waals surface area contributed by atoms with Gasteiger partial charge in [0.1, 0.15) is 6.29 Å². The number of hydrogen-bond donors (Lipinski definition) is 0. The summed E-state index contributed by atoms with van der Waals surface area (Å²) in [6.45, 7) is 0. The summed E-state index contributed by atoms with van der Waals surface area (Å²) in [6, 6.07) is 15.8. The highest BCUT2D eigenvalue weighted by atomic mass is 31.0. The first-order chi connectivity index (χ1) is 7.31. The van der Waals surface area contributed by atoms with Crippen LogP contribution in [-0.2, 0) is 0 Å². The van der Waals surface area contributed by atoms with Crippen LogP contribution in [0.4, 0.5) is 0 Å². The van der Waals surface area contributed by atoms with Gasteiger partial charge < -0.3 is 0 Å². The van der Waals surface area contributed by atoms with E-state index in [4.69, 9.17) is 0 Å². The molecular weight excluding hydrogens is 203 g/mol. The van der Waals surface area contributed by atoms with Crippen molar-refractivity contribution < 1.29 is 4.79 Å². The molecule has 74 valence electrons. The van der Waals surface area contributed by atoms with Crippen molar-refractivity contribution in [2.75, 3.05) is 0 Å². The first-order valence-electron chi connectivity index (χ1n) is 4.71. The highest BCUT2D eigenvalue weighted by molar-refractivity contribution is 7.28. The molecule has 2 aromatic rings. The molecule has 1 nitrogen and oxygen atoms in total. The molecule has 0 amide bonds. The van der Waals surface area contributed by atoms with E-state index >= 15 is 0 Å². The van der Waals surface area contributed by atoms with Crippen LogP contribution in [0.5, 0.6) is 0 Å². The quantitative estimate of drug-likeness (QED) is 0.555. The Morgan fingerprint density at radius 2 is 1.73 bits per heavy atom. The Morgan fingerprint density at radius 1 is 1.00 bits per heavy atom. The Bertz CT molecular complexity index is 477. The number of rotatable bonds is 2. The molecule has 2 heteroatoms. The lowest BCUT2D eigenvalue weighted by molar-refractivity contribution is 0.112. The van der Waals surface area contributed by atoms with Gasteiger partial charge in [0.2, 0.25) is 0 Å². The summed E-state index contributed by atoms with van der Waals surface area (Å²) in [6.07, 6.45) is 0.863. The molecule has 0 aliphatic rings. The fourth-order valence-electron chi connectivity index (χ4n) is 1.54. The summed E-state index contributed by atoms with van der Waals surface area (Å²) in [4.78, 5) is 10.6. The molecule has 0 aliphatic heterocycles. The molecule has 0 radical (unpaired) electrons. The van der Waals surface area contributed by atoms with Crippen LogP contribution in [0.1, 0.15) is 10.4 Å². The largest absolute Gasteiger partial charge is 0.298 e. The Morgan fingerprint density at radius 3 is 2.33 bits per heavy atom. The van der Waals surface area contributed by atoms with Gasteiger partial charge in [0.15, 0.2) is 0 Å². The van der Waals surface area contributed by atoms with Gasteiger partial charge in [-0.05, 0) is 22.5 Å².